The lowest BCUT2D eigenvalue weighted by Gasteiger charge is -2.40. The Hall–Kier alpha value is -4.14. The predicted molar refractivity (Wildman–Crippen MR) is 159 cm³/mol. The summed E-state index contributed by atoms with van der Waals surface area (Å²) in [5.74, 6) is 0.192. The molecule has 2 fully saturated rings. The molecule has 2 aromatic carbocycles. The number of nitrogens with one attached hydrogen (secondary N) is 2. The van der Waals surface area contributed by atoms with Crippen molar-refractivity contribution in [3.05, 3.63) is 60.5 Å². The molecule has 3 aromatic heterocycles. The predicted octanol–water partition coefficient (Wildman–Crippen LogP) is 6.54. The molecule has 44 heavy (non-hydrogen) atoms. The number of fused-ring (bicyclic) bond motifs is 3. The van der Waals surface area contributed by atoms with Crippen molar-refractivity contribution in [1.29, 1.82) is 0 Å². The van der Waals surface area contributed by atoms with E-state index < -0.39 is 43.8 Å². The lowest BCUT2D eigenvalue weighted by Crippen LogP contribution is -2.47. The van der Waals surface area contributed by atoms with Gasteiger partial charge in [0, 0.05) is 45.8 Å². The molecule has 0 bridgehead atoms. The fourth-order valence-corrected chi connectivity index (χ4v) is 6.25. The van der Waals surface area contributed by atoms with Gasteiger partial charge < -0.3 is 19.3 Å². The van der Waals surface area contributed by atoms with Crippen LogP contribution in [0.1, 0.15) is 30.5 Å². The molecule has 5 aromatic rings. The van der Waals surface area contributed by atoms with Crippen LogP contribution in [0.5, 0.6) is 5.75 Å². The number of hydrogen-bond donors (Lipinski definition) is 2. The molecule has 7 rings (SSSR count). The smallest absolute Gasteiger partial charge is 0.401 e. The molecule has 230 valence electrons. The van der Waals surface area contributed by atoms with Crippen LogP contribution >= 0.6 is 11.3 Å². The molecule has 0 spiro atoms. The summed E-state index contributed by atoms with van der Waals surface area (Å²) in [7, 11) is 0. The van der Waals surface area contributed by atoms with Gasteiger partial charge in [0.2, 0.25) is 0 Å². The largest absolute Gasteiger partial charge is 0.492 e. The quantitative estimate of drug-likeness (QED) is 0.201. The molecular formula is C30H29F3N6O4S. The number of nitrogens with zero attached hydrogens (tertiary/aromatic N) is 4. The first-order valence-electron chi connectivity index (χ1n) is 16.1. The minimum atomic E-state index is -4.46. The molecule has 10 nitrogen and oxygen atoms in total. The second-order valence-electron chi connectivity index (χ2n) is 10.5. The Morgan fingerprint density at radius 2 is 1.91 bits per heavy atom. The van der Waals surface area contributed by atoms with E-state index in [1.165, 1.54) is 16.2 Å². The Morgan fingerprint density at radius 1 is 1.11 bits per heavy atom. The molecule has 1 aliphatic carbocycles. The number of anilines is 2. The molecule has 1 aliphatic heterocycles. The summed E-state index contributed by atoms with van der Waals surface area (Å²) in [6.45, 7) is -4.17. The van der Waals surface area contributed by atoms with Gasteiger partial charge in [0.15, 0.2) is 16.5 Å². The molecule has 4 atom stereocenters. The number of aromatic nitrogens is 3. The number of carbonyl (C=O) groups excluding carboxylic acids is 1. The lowest BCUT2D eigenvalue weighted by molar-refractivity contribution is -0.218. The minimum absolute atomic E-state index is 0.0754. The van der Waals surface area contributed by atoms with Crippen molar-refractivity contribution in [3.63, 3.8) is 0 Å². The van der Waals surface area contributed by atoms with Crippen LogP contribution in [0.3, 0.4) is 0 Å². The van der Waals surface area contributed by atoms with E-state index >= 15 is 0 Å². The lowest BCUT2D eigenvalue weighted by atomic mass is 9.66. The first-order chi connectivity index (χ1) is 22.9. The zero-order valence-corrected chi connectivity index (χ0v) is 23.8. The van der Waals surface area contributed by atoms with E-state index in [4.69, 9.17) is 24.5 Å². The van der Waals surface area contributed by atoms with Crippen LogP contribution in [0.15, 0.2) is 59.3 Å². The highest BCUT2D eigenvalue weighted by atomic mass is 32.1. The highest BCUT2D eigenvalue weighted by molar-refractivity contribution is 7.23. The average molecular weight is 631 g/mol. The molecule has 14 heteroatoms. The Morgan fingerprint density at radius 3 is 2.64 bits per heavy atom. The van der Waals surface area contributed by atoms with Crippen molar-refractivity contribution in [3.8, 4) is 17.0 Å². The number of carbonyl (C=O) groups is 1. The number of thiazole rings is 1. The standard InChI is InChI=1S/C30H29F3N6O4S/c31-30(32,33)29(8-1-9-29)25-17-26(37-43-25)36-27(40)34-20-4-2-19(3-5-20)22-18-39-23-7-6-21(16-24(23)44-28(39)35-22)42-15-12-38-10-13-41-14-11-38/h2-7,16-18H,1,8-15H2,(H2,34,36,37,40)/i10D,11D,13D,14D. The van der Waals surface area contributed by atoms with Crippen molar-refractivity contribution >= 4 is 44.1 Å². The van der Waals surface area contributed by atoms with Crippen LogP contribution in [0, 0.1) is 0 Å². The van der Waals surface area contributed by atoms with Crippen molar-refractivity contribution in [1.82, 2.24) is 19.4 Å². The number of rotatable bonds is 8. The van der Waals surface area contributed by atoms with Crippen molar-refractivity contribution in [2.45, 2.75) is 30.9 Å². The Balaban J connectivity index is 0.963. The highest BCUT2D eigenvalue weighted by Crippen LogP contribution is 2.54. The zero-order chi connectivity index (χ0) is 33.8. The highest BCUT2D eigenvalue weighted by Gasteiger charge is 2.61. The van der Waals surface area contributed by atoms with Gasteiger partial charge in [-0.05, 0) is 43.2 Å². The SMILES string of the molecule is [2H]C1OC([2H])C([2H])N(CCOc2ccc3c(c2)sc2nc(-c4ccc(NC(=O)Nc5cc(C6(C(F)(F)F)CCC6)on5)cc4)cn23)C1[2H]. The second-order valence-corrected chi connectivity index (χ2v) is 11.5. The fraction of sp³-hybridized carbons (Fsp3) is 0.367. The topological polar surface area (TPSA) is 106 Å². The number of amides is 2. The first kappa shape index (κ1) is 24.2. The maximum Gasteiger partial charge on any atom is 0.401 e. The summed E-state index contributed by atoms with van der Waals surface area (Å²) in [5.41, 5.74) is 0.839. The van der Waals surface area contributed by atoms with E-state index in [1.54, 1.807) is 24.3 Å². The van der Waals surface area contributed by atoms with E-state index in [0.717, 1.165) is 26.8 Å². The normalized spacial score (nSPS) is 25.1. The molecule has 1 saturated heterocycles. The van der Waals surface area contributed by atoms with Crippen molar-refractivity contribution in [2.75, 3.05) is 50.0 Å². The Kier molecular flexibility index (Phi) is 6.28. The van der Waals surface area contributed by atoms with Crippen LogP contribution in [0.4, 0.5) is 29.5 Å². The Labute approximate surface area is 259 Å². The van der Waals surface area contributed by atoms with Gasteiger partial charge in [0.1, 0.15) is 17.8 Å². The molecule has 1 saturated carbocycles. The van der Waals surface area contributed by atoms with Crippen LogP contribution in [0.25, 0.3) is 26.4 Å². The number of alkyl halides is 3. The Bertz CT molecular complexity index is 1940. The summed E-state index contributed by atoms with van der Waals surface area (Å²) in [4.78, 5) is 19.4. The maximum atomic E-state index is 13.6. The molecule has 0 radical (unpaired) electrons. The van der Waals surface area contributed by atoms with E-state index in [0.29, 0.717) is 23.6 Å². The number of ether oxygens (including phenoxy) is 2. The third-order valence-electron chi connectivity index (χ3n) is 7.76. The van der Waals surface area contributed by atoms with Gasteiger partial charge in [-0.25, -0.2) is 9.78 Å². The van der Waals surface area contributed by atoms with Crippen molar-refractivity contribution in [2.24, 2.45) is 0 Å². The molecule has 2 aliphatic rings. The summed E-state index contributed by atoms with van der Waals surface area (Å²) in [6, 6.07) is 13.0. The second kappa shape index (κ2) is 11.4. The summed E-state index contributed by atoms with van der Waals surface area (Å²) < 4.78 is 91.2. The van der Waals surface area contributed by atoms with E-state index in [1.807, 2.05) is 28.8 Å². The number of urea groups is 1. The monoisotopic (exact) mass is 630 g/mol. The summed E-state index contributed by atoms with van der Waals surface area (Å²) >= 11 is 1.47. The van der Waals surface area contributed by atoms with Gasteiger partial charge in [-0.15, -0.1) is 0 Å². The molecule has 2 amide bonds. The van der Waals surface area contributed by atoms with Crippen molar-refractivity contribution < 1.29 is 37.4 Å². The van der Waals surface area contributed by atoms with Gasteiger partial charge in [-0.2, -0.15) is 13.2 Å². The zero-order valence-electron chi connectivity index (χ0n) is 27.0. The third-order valence-corrected chi connectivity index (χ3v) is 8.77. The number of benzene rings is 2. The van der Waals surface area contributed by atoms with Gasteiger partial charge in [0.05, 0.1) is 31.8 Å². The molecular weight excluding hydrogens is 597 g/mol. The number of hydrogen-bond acceptors (Lipinski definition) is 8. The first-order valence-corrected chi connectivity index (χ1v) is 14.6. The fourth-order valence-electron chi connectivity index (χ4n) is 5.21. The number of morpholine rings is 1. The maximum absolute atomic E-state index is 13.6. The van der Waals surface area contributed by atoms with Crippen LogP contribution in [-0.4, -0.2) is 71.0 Å². The minimum Gasteiger partial charge on any atom is -0.492 e. The van der Waals surface area contributed by atoms with Gasteiger partial charge in [0.25, 0.3) is 0 Å². The third kappa shape index (κ3) is 5.48. The van der Waals surface area contributed by atoms with Gasteiger partial charge in [-0.1, -0.05) is 35.0 Å². The van der Waals surface area contributed by atoms with Gasteiger partial charge in [-0.3, -0.25) is 14.6 Å². The van der Waals surface area contributed by atoms with Crippen LogP contribution < -0.4 is 15.4 Å². The molecule has 2 N–H and O–H groups in total. The van der Waals surface area contributed by atoms with E-state index in [9.17, 15) is 18.0 Å². The van der Waals surface area contributed by atoms with E-state index in [2.05, 4.69) is 15.8 Å². The number of imidazole rings is 1. The number of halogens is 3. The average Bonchev–Trinajstić information content (AvgIpc) is 3.72. The molecule has 4 heterocycles. The van der Waals surface area contributed by atoms with E-state index in [-0.39, 0.29) is 37.6 Å². The summed E-state index contributed by atoms with van der Waals surface area (Å²) in [6.07, 6.45) is -2.27. The van der Waals surface area contributed by atoms with Crippen LogP contribution in [-0.2, 0) is 10.2 Å². The summed E-state index contributed by atoms with van der Waals surface area (Å²) in [5, 5.41) is 8.65. The van der Waals surface area contributed by atoms with Gasteiger partial charge >= 0.3 is 12.2 Å². The van der Waals surface area contributed by atoms with Crippen LogP contribution in [0.2, 0.25) is 0 Å². The molecule has 4 unspecified atom stereocenters.